The highest BCUT2D eigenvalue weighted by molar-refractivity contribution is 6.32. The van der Waals surface area contributed by atoms with Gasteiger partial charge in [-0.15, -0.1) is 0 Å². The third kappa shape index (κ3) is 4.71. The van der Waals surface area contributed by atoms with Crippen LogP contribution >= 0.6 is 11.6 Å². The SMILES string of the molecule is CCCNc1ncc(Cl)c(N2CCCC(OCCC)C2)n1. The van der Waals surface area contributed by atoms with Gasteiger partial charge in [0.25, 0.3) is 0 Å². The second kappa shape index (κ2) is 8.39. The van der Waals surface area contributed by atoms with Gasteiger partial charge in [0, 0.05) is 26.2 Å². The summed E-state index contributed by atoms with van der Waals surface area (Å²) in [7, 11) is 0. The van der Waals surface area contributed by atoms with Crippen LogP contribution in [0.4, 0.5) is 11.8 Å². The van der Waals surface area contributed by atoms with E-state index in [2.05, 4.69) is 34.0 Å². The van der Waals surface area contributed by atoms with Crippen LogP contribution in [0.2, 0.25) is 5.02 Å². The Labute approximate surface area is 132 Å². The van der Waals surface area contributed by atoms with E-state index in [1.54, 1.807) is 6.20 Å². The van der Waals surface area contributed by atoms with Crippen molar-refractivity contribution in [1.29, 1.82) is 0 Å². The van der Waals surface area contributed by atoms with Gasteiger partial charge in [-0.2, -0.15) is 4.98 Å². The maximum Gasteiger partial charge on any atom is 0.224 e. The van der Waals surface area contributed by atoms with E-state index in [1.165, 1.54) is 0 Å². The first kappa shape index (κ1) is 16.3. The van der Waals surface area contributed by atoms with Crippen molar-refractivity contribution in [2.45, 2.75) is 45.6 Å². The summed E-state index contributed by atoms with van der Waals surface area (Å²) >= 11 is 6.28. The number of piperidine rings is 1. The molecule has 2 heterocycles. The Morgan fingerprint density at radius 1 is 1.43 bits per heavy atom. The number of ether oxygens (including phenoxy) is 1. The van der Waals surface area contributed by atoms with Crippen LogP contribution in [0.3, 0.4) is 0 Å². The molecule has 6 heteroatoms. The van der Waals surface area contributed by atoms with Gasteiger partial charge in [0.05, 0.1) is 12.3 Å². The Kier molecular flexibility index (Phi) is 6.51. The monoisotopic (exact) mass is 312 g/mol. The van der Waals surface area contributed by atoms with Gasteiger partial charge in [-0.05, 0) is 25.7 Å². The van der Waals surface area contributed by atoms with Crippen LogP contribution in [0.5, 0.6) is 0 Å². The fraction of sp³-hybridized carbons (Fsp3) is 0.733. The Balaban J connectivity index is 2.05. The molecule has 1 unspecified atom stereocenters. The van der Waals surface area contributed by atoms with E-state index in [0.717, 1.165) is 57.7 Å². The van der Waals surface area contributed by atoms with E-state index >= 15 is 0 Å². The molecule has 1 aliphatic heterocycles. The van der Waals surface area contributed by atoms with Crippen molar-refractivity contribution in [3.05, 3.63) is 11.2 Å². The molecule has 1 N–H and O–H groups in total. The number of aromatic nitrogens is 2. The van der Waals surface area contributed by atoms with Gasteiger partial charge < -0.3 is 15.0 Å². The molecule has 0 radical (unpaired) electrons. The van der Waals surface area contributed by atoms with Gasteiger partial charge in [0.1, 0.15) is 5.02 Å². The molecule has 1 fully saturated rings. The zero-order valence-electron chi connectivity index (χ0n) is 12.9. The second-order valence-electron chi connectivity index (χ2n) is 5.37. The maximum absolute atomic E-state index is 6.28. The molecule has 118 valence electrons. The summed E-state index contributed by atoms with van der Waals surface area (Å²) in [4.78, 5) is 11.0. The third-order valence-electron chi connectivity index (χ3n) is 3.49. The highest BCUT2D eigenvalue weighted by Crippen LogP contribution is 2.27. The first-order valence-corrected chi connectivity index (χ1v) is 8.25. The molecule has 1 aromatic rings. The van der Waals surface area contributed by atoms with Gasteiger partial charge in [-0.3, -0.25) is 0 Å². The average Bonchev–Trinajstić information content (AvgIpc) is 2.52. The fourth-order valence-electron chi connectivity index (χ4n) is 2.45. The molecule has 2 rings (SSSR count). The van der Waals surface area contributed by atoms with E-state index in [9.17, 15) is 0 Å². The zero-order valence-corrected chi connectivity index (χ0v) is 13.7. The summed E-state index contributed by atoms with van der Waals surface area (Å²) in [5, 5.41) is 3.81. The number of nitrogens with one attached hydrogen (secondary N) is 1. The number of anilines is 2. The molecular weight excluding hydrogens is 288 g/mol. The van der Waals surface area contributed by atoms with Crippen molar-refractivity contribution < 1.29 is 4.74 Å². The topological polar surface area (TPSA) is 50.3 Å². The normalized spacial score (nSPS) is 18.8. The molecule has 0 amide bonds. The van der Waals surface area contributed by atoms with Crippen molar-refractivity contribution in [2.75, 3.05) is 36.5 Å². The Bertz CT molecular complexity index is 444. The van der Waals surface area contributed by atoms with E-state index in [-0.39, 0.29) is 6.10 Å². The summed E-state index contributed by atoms with van der Waals surface area (Å²) in [6.07, 6.45) is 6.26. The quantitative estimate of drug-likeness (QED) is 0.836. The average molecular weight is 313 g/mol. The van der Waals surface area contributed by atoms with Gasteiger partial charge in [-0.1, -0.05) is 25.4 Å². The summed E-state index contributed by atoms with van der Waals surface area (Å²) < 4.78 is 5.88. The van der Waals surface area contributed by atoms with Crippen LogP contribution in [-0.4, -0.2) is 42.3 Å². The molecular formula is C15H25ClN4O. The van der Waals surface area contributed by atoms with Crippen molar-refractivity contribution in [3.63, 3.8) is 0 Å². The minimum atomic E-state index is 0.275. The van der Waals surface area contributed by atoms with Gasteiger partial charge in [0.15, 0.2) is 5.82 Å². The predicted octanol–water partition coefficient (Wildman–Crippen LogP) is 3.35. The van der Waals surface area contributed by atoms with Crippen LogP contribution in [0, 0.1) is 0 Å². The Hall–Kier alpha value is -1.07. The molecule has 5 nitrogen and oxygen atoms in total. The number of halogens is 1. The highest BCUT2D eigenvalue weighted by Gasteiger charge is 2.23. The highest BCUT2D eigenvalue weighted by atomic mass is 35.5. The first-order chi connectivity index (χ1) is 10.2. The van der Waals surface area contributed by atoms with Crippen molar-refractivity contribution in [1.82, 2.24) is 9.97 Å². The molecule has 21 heavy (non-hydrogen) atoms. The van der Waals surface area contributed by atoms with Crippen molar-refractivity contribution >= 4 is 23.4 Å². The third-order valence-corrected chi connectivity index (χ3v) is 3.76. The van der Waals surface area contributed by atoms with Crippen LogP contribution in [-0.2, 0) is 4.74 Å². The van der Waals surface area contributed by atoms with Gasteiger partial charge >= 0.3 is 0 Å². The number of hydrogen-bond acceptors (Lipinski definition) is 5. The maximum atomic E-state index is 6.28. The van der Waals surface area contributed by atoms with E-state index in [1.807, 2.05) is 0 Å². The Morgan fingerprint density at radius 3 is 3.05 bits per heavy atom. The van der Waals surface area contributed by atoms with Crippen LogP contribution < -0.4 is 10.2 Å². The largest absolute Gasteiger partial charge is 0.376 e. The van der Waals surface area contributed by atoms with Crippen molar-refractivity contribution in [2.24, 2.45) is 0 Å². The minimum Gasteiger partial charge on any atom is -0.376 e. The molecule has 0 spiro atoms. The van der Waals surface area contributed by atoms with E-state index < -0.39 is 0 Å². The smallest absolute Gasteiger partial charge is 0.224 e. The minimum absolute atomic E-state index is 0.275. The van der Waals surface area contributed by atoms with E-state index in [0.29, 0.717) is 11.0 Å². The predicted molar refractivity (Wildman–Crippen MR) is 87.3 cm³/mol. The van der Waals surface area contributed by atoms with Crippen LogP contribution in [0.15, 0.2) is 6.20 Å². The standard InChI is InChI=1S/C15H25ClN4O/c1-3-7-17-15-18-10-13(16)14(19-15)20-8-5-6-12(11-20)21-9-4-2/h10,12H,3-9,11H2,1-2H3,(H,17,18,19). The molecule has 0 aliphatic carbocycles. The summed E-state index contributed by atoms with van der Waals surface area (Å²) in [5.41, 5.74) is 0. The number of nitrogens with zero attached hydrogens (tertiary/aromatic N) is 3. The zero-order chi connectivity index (χ0) is 15.1. The number of rotatable bonds is 7. The van der Waals surface area contributed by atoms with Crippen molar-refractivity contribution in [3.8, 4) is 0 Å². The lowest BCUT2D eigenvalue weighted by Gasteiger charge is -2.33. The summed E-state index contributed by atoms with van der Waals surface area (Å²) in [6, 6.07) is 0. The molecule has 1 atom stereocenters. The molecule has 1 aliphatic rings. The number of hydrogen-bond donors (Lipinski definition) is 1. The van der Waals surface area contributed by atoms with Crippen LogP contribution in [0.25, 0.3) is 0 Å². The molecule has 0 aromatic carbocycles. The lowest BCUT2D eigenvalue weighted by atomic mass is 10.1. The molecule has 1 aromatic heterocycles. The first-order valence-electron chi connectivity index (χ1n) is 7.87. The molecule has 0 saturated carbocycles. The Morgan fingerprint density at radius 2 is 2.29 bits per heavy atom. The fourth-order valence-corrected chi connectivity index (χ4v) is 2.66. The lowest BCUT2D eigenvalue weighted by Crippen LogP contribution is -2.40. The van der Waals surface area contributed by atoms with Gasteiger partial charge in [-0.25, -0.2) is 4.98 Å². The second-order valence-corrected chi connectivity index (χ2v) is 5.78. The summed E-state index contributed by atoms with van der Waals surface area (Å²) in [6.45, 7) is 7.75. The lowest BCUT2D eigenvalue weighted by molar-refractivity contribution is 0.0439. The molecule has 0 bridgehead atoms. The van der Waals surface area contributed by atoms with E-state index in [4.69, 9.17) is 16.3 Å². The summed E-state index contributed by atoms with van der Waals surface area (Å²) in [5.74, 6) is 1.46. The van der Waals surface area contributed by atoms with Gasteiger partial charge in [0.2, 0.25) is 5.95 Å². The van der Waals surface area contributed by atoms with Crippen LogP contribution in [0.1, 0.15) is 39.5 Å². The molecule has 1 saturated heterocycles.